The summed E-state index contributed by atoms with van der Waals surface area (Å²) in [6.45, 7) is 5.49. The number of rotatable bonds is 8. The standard InChI is InChI=1S/C20H19FN6O3S/c1-11-8-16(12(2)27(11)19-22-10-23-25-19)17(28)9-31-20-26-24-18(30-20)13(3)29-15-6-4-14(21)5-7-15/h4-8,10,13H,9H2,1-3H3,(H,22,23,25)/t13-/m1/s1. The minimum Gasteiger partial charge on any atom is -0.481 e. The number of hydrogen-bond acceptors (Lipinski definition) is 8. The zero-order valence-corrected chi connectivity index (χ0v) is 17.8. The van der Waals surface area contributed by atoms with Gasteiger partial charge in [0.05, 0.1) is 5.75 Å². The van der Waals surface area contributed by atoms with Gasteiger partial charge < -0.3 is 9.15 Å². The van der Waals surface area contributed by atoms with E-state index in [1.54, 1.807) is 6.92 Å². The Labute approximate surface area is 181 Å². The van der Waals surface area contributed by atoms with Crippen LogP contribution in [-0.4, -0.2) is 41.5 Å². The molecular weight excluding hydrogens is 423 g/mol. The number of halogens is 1. The average Bonchev–Trinajstić information content (AvgIpc) is 3.49. The lowest BCUT2D eigenvalue weighted by Gasteiger charge is -2.10. The average molecular weight is 442 g/mol. The van der Waals surface area contributed by atoms with Crippen molar-refractivity contribution < 1.29 is 18.3 Å². The van der Waals surface area contributed by atoms with E-state index in [0.717, 1.165) is 23.1 Å². The Hall–Kier alpha value is -3.47. The van der Waals surface area contributed by atoms with Crippen LogP contribution in [-0.2, 0) is 0 Å². The van der Waals surface area contributed by atoms with Crippen molar-refractivity contribution in [2.24, 2.45) is 0 Å². The maximum Gasteiger partial charge on any atom is 0.277 e. The Kier molecular flexibility index (Phi) is 5.85. The molecule has 31 heavy (non-hydrogen) atoms. The molecule has 0 aliphatic rings. The second-order valence-corrected chi connectivity index (χ2v) is 7.69. The minimum absolute atomic E-state index is 0.0702. The van der Waals surface area contributed by atoms with E-state index in [-0.39, 0.29) is 28.5 Å². The van der Waals surface area contributed by atoms with Gasteiger partial charge in [0.25, 0.3) is 11.1 Å². The van der Waals surface area contributed by atoms with Gasteiger partial charge in [-0.1, -0.05) is 11.8 Å². The maximum absolute atomic E-state index is 13.0. The van der Waals surface area contributed by atoms with Crippen molar-refractivity contribution in [3.05, 3.63) is 65.3 Å². The molecule has 0 saturated carbocycles. The molecule has 160 valence electrons. The normalized spacial score (nSPS) is 12.1. The minimum atomic E-state index is -0.524. The maximum atomic E-state index is 13.0. The van der Waals surface area contributed by atoms with E-state index in [1.165, 1.54) is 30.6 Å². The predicted molar refractivity (Wildman–Crippen MR) is 110 cm³/mol. The van der Waals surface area contributed by atoms with Gasteiger partial charge in [-0.25, -0.2) is 9.49 Å². The van der Waals surface area contributed by atoms with Gasteiger partial charge >= 0.3 is 0 Å². The van der Waals surface area contributed by atoms with Crippen molar-refractivity contribution in [1.82, 2.24) is 29.9 Å². The number of nitrogens with zero attached hydrogens (tertiary/aromatic N) is 5. The molecule has 11 heteroatoms. The fourth-order valence-electron chi connectivity index (χ4n) is 3.09. The summed E-state index contributed by atoms with van der Waals surface area (Å²) in [5, 5.41) is 14.9. The molecule has 3 aromatic heterocycles. The summed E-state index contributed by atoms with van der Waals surface area (Å²) in [4.78, 5) is 16.9. The number of H-pyrrole nitrogens is 1. The Morgan fingerprint density at radius 2 is 2.06 bits per heavy atom. The highest BCUT2D eigenvalue weighted by Gasteiger charge is 2.20. The van der Waals surface area contributed by atoms with Gasteiger partial charge in [0.2, 0.25) is 5.95 Å². The third-order valence-electron chi connectivity index (χ3n) is 4.57. The Balaban J connectivity index is 1.39. The number of carbonyl (C=O) groups excluding carboxylic acids is 1. The third kappa shape index (κ3) is 4.50. The smallest absolute Gasteiger partial charge is 0.277 e. The summed E-state index contributed by atoms with van der Waals surface area (Å²) < 4.78 is 26.1. The van der Waals surface area contributed by atoms with Crippen molar-refractivity contribution in [3.8, 4) is 11.7 Å². The van der Waals surface area contributed by atoms with Gasteiger partial charge in [-0.05, 0) is 51.1 Å². The second kappa shape index (κ2) is 8.72. The molecule has 1 atom stereocenters. The van der Waals surface area contributed by atoms with Crippen molar-refractivity contribution in [1.29, 1.82) is 0 Å². The van der Waals surface area contributed by atoms with Crippen LogP contribution >= 0.6 is 11.8 Å². The van der Waals surface area contributed by atoms with Crippen LogP contribution in [0.5, 0.6) is 5.75 Å². The second-order valence-electron chi connectivity index (χ2n) is 6.76. The summed E-state index contributed by atoms with van der Waals surface area (Å²) in [6, 6.07) is 7.47. The monoisotopic (exact) mass is 442 g/mol. The number of aromatic amines is 1. The van der Waals surface area contributed by atoms with Crippen LogP contribution in [0, 0.1) is 19.7 Å². The molecule has 1 aromatic carbocycles. The number of carbonyl (C=O) groups is 1. The quantitative estimate of drug-likeness (QED) is 0.323. The molecule has 3 heterocycles. The summed E-state index contributed by atoms with van der Waals surface area (Å²) >= 11 is 1.15. The van der Waals surface area contributed by atoms with Crippen LogP contribution in [0.1, 0.15) is 40.7 Å². The van der Waals surface area contributed by atoms with Gasteiger partial charge in [-0.3, -0.25) is 9.36 Å². The van der Waals surface area contributed by atoms with Gasteiger partial charge in [-0.15, -0.1) is 10.2 Å². The van der Waals surface area contributed by atoms with Crippen molar-refractivity contribution in [2.45, 2.75) is 32.1 Å². The van der Waals surface area contributed by atoms with E-state index in [1.807, 2.05) is 24.5 Å². The first kappa shape index (κ1) is 20.8. The lowest BCUT2D eigenvalue weighted by atomic mass is 10.2. The molecule has 0 spiro atoms. The molecular formula is C20H19FN6O3S. The lowest BCUT2D eigenvalue weighted by molar-refractivity contribution is 0.102. The van der Waals surface area contributed by atoms with Crippen LogP contribution < -0.4 is 4.74 Å². The first-order valence-corrected chi connectivity index (χ1v) is 10.4. The fourth-order valence-corrected chi connectivity index (χ4v) is 3.75. The summed E-state index contributed by atoms with van der Waals surface area (Å²) in [5.41, 5.74) is 2.23. The Bertz CT molecular complexity index is 1190. The molecule has 0 aliphatic heterocycles. The summed E-state index contributed by atoms with van der Waals surface area (Å²) in [7, 11) is 0. The summed E-state index contributed by atoms with van der Waals surface area (Å²) in [5.74, 6) is 1.02. The highest BCUT2D eigenvalue weighted by molar-refractivity contribution is 7.99. The van der Waals surface area contributed by atoms with Crippen LogP contribution in [0.2, 0.25) is 0 Å². The molecule has 0 amide bonds. The highest BCUT2D eigenvalue weighted by Crippen LogP contribution is 2.26. The molecule has 4 aromatic rings. The van der Waals surface area contributed by atoms with Crippen LogP contribution in [0.4, 0.5) is 4.39 Å². The number of ketones is 1. The Morgan fingerprint density at radius 3 is 2.77 bits per heavy atom. The number of thioether (sulfide) groups is 1. The fraction of sp³-hybridized carbons (Fsp3) is 0.250. The zero-order chi connectivity index (χ0) is 22.0. The number of benzene rings is 1. The van der Waals surface area contributed by atoms with Crippen molar-refractivity contribution in [2.75, 3.05) is 5.75 Å². The molecule has 0 fully saturated rings. The van der Waals surface area contributed by atoms with E-state index < -0.39 is 6.10 Å². The summed E-state index contributed by atoms with van der Waals surface area (Å²) in [6.07, 6.45) is 0.892. The van der Waals surface area contributed by atoms with E-state index in [2.05, 4.69) is 25.4 Å². The number of aromatic nitrogens is 6. The van der Waals surface area contributed by atoms with E-state index in [4.69, 9.17) is 9.15 Å². The molecule has 4 rings (SSSR count). The van der Waals surface area contributed by atoms with E-state index in [9.17, 15) is 9.18 Å². The topological polar surface area (TPSA) is 112 Å². The number of ether oxygens (including phenoxy) is 1. The molecule has 0 radical (unpaired) electrons. The first-order valence-electron chi connectivity index (χ1n) is 9.38. The SMILES string of the molecule is Cc1cc(C(=O)CSc2nnc([C@@H](C)Oc3ccc(F)cc3)o2)c(C)n1-c1ncn[nH]1. The van der Waals surface area contributed by atoms with Gasteiger partial charge in [-0.2, -0.15) is 10.1 Å². The number of nitrogens with one attached hydrogen (secondary N) is 1. The molecule has 9 nitrogen and oxygen atoms in total. The van der Waals surface area contributed by atoms with Gasteiger partial charge in [0.1, 0.15) is 17.9 Å². The van der Waals surface area contributed by atoms with E-state index >= 15 is 0 Å². The predicted octanol–water partition coefficient (Wildman–Crippen LogP) is 3.85. The first-order chi connectivity index (χ1) is 14.9. The van der Waals surface area contributed by atoms with Gasteiger partial charge in [0.15, 0.2) is 11.9 Å². The van der Waals surface area contributed by atoms with Crippen molar-refractivity contribution >= 4 is 17.5 Å². The largest absolute Gasteiger partial charge is 0.481 e. The molecule has 0 saturated heterocycles. The van der Waals surface area contributed by atoms with E-state index in [0.29, 0.717) is 17.3 Å². The van der Waals surface area contributed by atoms with Crippen LogP contribution in [0.3, 0.4) is 0 Å². The zero-order valence-electron chi connectivity index (χ0n) is 17.0. The lowest BCUT2D eigenvalue weighted by Crippen LogP contribution is -2.06. The number of hydrogen-bond donors (Lipinski definition) is 1. The Morgan fingerprint density at radius 1 is 1.29 bits per heavy atom. The highest BCUT2D eigenvalue weighted by atomic mass is 32.2. The molecule has 0 unspecified atom stereocenters. The van der Waals surface area contributed by atoms with Crippen LogP contribution in [0.15, 0.2) is 46.3 Å². The van der Waals surface area contributed by atoms with Crippen LogP contribution in [0.25, 0.3) is 5.95 Å². The third-order valence-corrected chi connectivity index (χ3v) is 5.39. The molecule has 0 bridgehead atoms. The number of Topliss-reactive ketones (excluding diaryl/α,β-unsaturated/α-hetero) is 1. The van der Waals surface area contributed by atoms with Crippen molar-refractivity contribution in [3.63, 3.8) is 0 Å². The molecule has 0 aliphatic carbocycles. The number of aryl methyl sites for hydroxylation is 1. The van der Waals surface area contributed by atoms with Gasteiger partial charge in [0, 0.05) is 17.0 Å². The molecule has 1 N–H and O–H groups in total.